The third-order valence-electron chi connectivity index (χ3n) is 3.62. The quantitative estimate of drug-likeness (QED) is 0.800. The van der Waals surface area contributed by atoms with Crippen molar-refractivity contribution in [3.8, 4) is 0 Å². The fourth-order valence-corrected chi connectivity index (χ4v) is 2.35. The zero-order valence-corrected chi connectivity index (χ0v) is 12.1. The number of amides is 1. The van der Waals surface area contributed by atoms with E-state index in [1.54, 1.807) is 17.3 Å². The maximum absolute atomic E-state index is 12.4. The number of carbonyl (C=O) groups excluding carboxylic acids is 1. The molecule has 1 N–H and O–H groups in total. The van der Waals surface area contributed by atoms with Crippen molar-refractivity contribution in [2.24, 2.45) is 5.92 Å². The van der Waals surface area contributed by atoms with Crippen molar-refractivity contribution in [3.05, 3.63) is 30.1 Å². The minimum absolute atomic E-state index is 0.00298. The smallest absolute Gasteiger partial charge is 0.315 e. The van der Waals surface area contributed by atoms with Crippen LogP contribution in [0, 0.1) is 5.92 Å². The highest BCUT2D eigenvalue weighted by Crippen LogP contribution is 2.17. The fourth-order valence-electron chi connectivity index (χ4n) is 2.35. The van der Waals surface area contributed by atoms with E-state index < -0.39 is 11.9 Å². The van der Waals surface area contributed by atoms with E-state index in [0.29, 0.717) is 19.7 Å². The molecule has 2 unspecified atom stereocenters. The number of pyridine rings is 1. The number of aromatic nitrogens is 1. The van der Waals surface area contributed by atoms with E-state index in [0.717, 1.165) is 18.4 Å². The van der Waals surface area contributed by atoms with Crippen molar-refractivity contribution in [1.29, 1.82) is 0 Å². The summed E-state index contributed by atoms with van der Waals surface area (Å²) in [6, 6.07) is 3.64. The highest BCUT2D eigenvalue weighted by Gasteiger charge is 2.29. The summed E-state index contributed by atoms with van der Waals surface area (Å²) in [4.78, 5) is 28.9. The average molecular weight is 292 g/mol. The Labute approximate surface area is 123 Å². The molecule has 2 rings (SSSR count). The summed E-state index contributed by atoms with van der Waals surface area (Å²) < 4.78 is 5.56. The van der Waals surface area contributed by atoms with Crippen LogP contribution in [0.3, 0.4) is 0 Å². The summed E-state index contributed by atoms with van der Waals surface area (Å²) in [5.41, 5.74) is 0.925. The molecule has 1 aromatic heterocycles. The summed E-state index contributed by atoms with van der Waals surface area (Å²) in [5.74, 6) is -2.53. The lowest BCUT2D eigenvalue weighted by Crippen LogP contribution is -2.41. The van der Waals surface area contributed by atoms with Crippen LogP contribution in [0.2, 0.25) is 0 Å². The first-order valence-corrected chi connectivity index (χ1v) is 7.10. The van der Waals surface area contributed by atoms with Gasteiger partial charge in [0.05, 0.1) is 6.10 Å². The van der Waals surface area contributed by atoms with Crippen LogP contribution < -0.4 is 0 Å². The van der Waals surface area contributed by atoms with Gasteiger partial charge in [0.1, 0.15) is 5.92 Å². The van der Waals surface area contributed by atoms with E-state index in [1.807, 2.05) is 12.1 Å². The standard InChI is InChI=1S/C15H20N2O4/c1-11(15(19)20)14(18)17(10-13-3-2-8-21-13)9-12-4-6-16-7-5-12/h4-7,11,13H,2-3,8-10H2,1H3,(H,19,20). The van der Waals surface area contributed by atoms with Gasteiger partial charge < -0.3 is 14.7 Å². The molecule has 1 aliphatic heterocycles. The van der Waals surface area contributed by atoms with E-state index in [-0.39, 0.29) is 12.0 Å². The van der Waals surface area contributed by atoms with Crippen LogP contribution in [0.4, 0.5) is 0 Å². The molecule has 0 aromatic carbocycles. The first kappa shape index (κ1) is 15.4. The normalized spacial score (nSPS) is 19.2. The number of aliphatic carboxylic acids is 1. The molecule has 1 fully saturated rings. The predicted molar refractivity (Wildman–Crippen MR) is 75.4 cm³/mol. The number of nitrogens with zero attached hydrogens (tertiary/aromatic N) is 2. The van der Waals surface area contributed by atoms with E-state index in [4.69, 9.17) is 9.84 Å². The molecular formula is C15H20N2O4. The molecule has 6 heteroatoms. The second-order valence-corrected chi connectivity index (χ2v) is 5.27. The molecule has 0 bridgehead atoms. The zero-order valence-electron chi connectivity index (χ0n) is 12.1. The molecule has 114 valence electrons. The molecule has 21 heavy (non-hydrogen) atoms. The molecule has 0 spiro atoms. The molecule has 2 atom stereocenters. The van der Waals surface area contributed by atoms with Crippen LogP contribution >= 0.6 is 0 Å². The van der Waals surface area contributed by atoms with Crippen LogP contribution in [-0.4, -0.2) is 46.1 Å². The Morgan fingerprint density at radius 1 is 1.48 bits per heavy atom. The van der Waals surface area contributed by atoms with Gasteiger partial charge in [0.25, 0.3) is 0 Å². The SMILES string of the molecule is CC(C(=O)O)C(=O)N(Cc1ccncc1)CC1CCCO1. The van der Waals surface area contributed by atoms with Crippen molar-refractivity contribution >= 4 is 11.9 Å². The molecule has 0 radical (unpaired) electrons. The molecule has 2 heterocycles. The fraction of sp³-hybridized carbons (Fsp3) is 0.533. The summed E-state index contributed by atoms with van der Waals surface area (Å²) >= 11 is 0. The number of hydrogen-bond acceptors (Lipinski definition) is 4. The van der Waals surface area contributed by atoms with Crippen LogP contribution in [0.25, 0.3) is 0 Å². The van der Waals surface area contributed by atoms with Crippen LogP contribution in [-0.2, 0) is 20.9 Å². The second-order valence-electron chi connectivity index (χ2n) is 5.27. The van der Waals surface area contributed by atoms with Crippen molar-refractivity contribution < 1.29 is 19.4 Å². The van der Waals surface area contributed by atoms with Gasteiger partial charge in [0.15, 0.2) is 0 Å². The van der Waals surface area contributed by atoms with E-state index in [9.17, 15) is 9.59 Å². The van der Waals surface area contributed by atoms with E-state index in [2.05, 4.69) is 4.98 Å². The number of rotatable bonds is 6. The maximum atomic E-state index is 12.4. The second kappa shape index (κ2) is 7.17. The molecular weight excluding hydrogens is 272 g/mol. The molecule has 0 saturated carbocycles. The van der Waals surface area contributed by atoms with Crippen molar-refractivity contribution in [1.82, 2.24) is 9.88 Å². The first-order chi connectivity index (χ1) is 10.1. The maximum Gasteiger partial charge on any atom is 0.315 e. The number of ether oxygens (including phenoxy) is 1. The van der Waals surface area contributed by atoms with Crippen LogP contribution in [0.15, 0.2) is 24.5 Å². The van der Waals surface area contributed by atoms with Gasteiger partial charge in [0.2, 0.25) is 5.91 Å². The van der Waals surface area contributed by atoms with Gasteiger partial charge in [-0.2, -0.15) is 0 Å². The van der Waals surface area contributed by atoms with Gasteiger partial charge in [-0.1, -0.05) is 0 Å². The third kappa shape index (κ3) is 4.26. The zero-order chi connectivity index (χ0) is 15.2. The molecule has 1 aliphatic rings. The van der Waals surface area contributed by atoms with Crippen LogP contribution in [0.5, 0.6) is 0 Å². The topological polar surface area (TPSA) is 79.7 Å². The predicted octanol–water partition coefficient (Wildman–Crippen LogP) is 1.31. The summed E-state index contributed by atoms with van der Waals surface area (Å²) in [7, 11) is 0. The van der Waals surface area contributed by atoms with E-state index in [1.165, 1.54) is 6.92 Å². The first-order valence-electron chi connectivity index (χ1n) is 7.10. The van der Waals surface area contributed by atoms with Crippen molar-refractivity contribution in [3.63, 3.8) is 0 Å². The van der Waals surface area contributed by atoms with Gasteiger partial charge in [-0.05, 0) is 37.5 Å². The Hall–Kier alpha value is -1.95. The van der Waals surface area contributed by atoms with Gasteiger partial charge >= 0.3 is 5.97 Å². The molecule has 6 nitrogen and oxygen atoms in total. The third-order valence-corrected chi connectivity index (χ3v) is 3.62. The summed E-state index contributed by atoms with van der Waals surface area (Å²) in [6.07, 6.45) is 5.20. The van der Waals surface area contributed by atoms with Gasteiger partial charge in [-0.25, -0.2) is 0 Å². The number of carboxylic acid groups (broad SMARTS) is 1. The summed E-state index contributed by atoms with van der Waals surface area (Å²) in [6.45, 7) is 2.92. The molecule has 0 aliphatic carbocycles. The van der Waals surface area contributed by atoms with Gasteiger partial charge in [-0.3, -0.25) is 14.6 Å². The van der Waals surface area contributed by atoms with E-state index >= 15 is 0 Å². The average Bonchev–Trinajstić information content (AvgIpc) is 2.99. The lowest BCUT2D eigenvalue weighted by Gasteiger charge is -2.27. The Morgan fingerprint density at radius 2 is 2.19 bits per heavy atom. The number of carbonyl (C=O) groups is 2. The number of carboxylic acids is 1. The largest absolute Gasteiger partial charge is 0.481 e. The minimum atomic E-state index is -1.10. The highest BCUT2D eigenvalue weighted by molar-refractivity contribution is 5.96. The lowest BCUT2D eigenvalue weighted by molar-refractivity contribution is -0.151. The Kier molecular flexibility index (Phi) is 5.27. The summed E-state index contributed by atoms with van der Waals surface area (Å²) in [5, 5.41) is 9.04. The Balaban J connectivity index is 2.09. The van der Waals surface area contributed by atoms with Gasteiger partial charge in [-0.15, -0.1) is 0 Å². The number of hydrogen-bond donors (Lipinski definition) is 1. The minimum Gasteiger partial charge on any atom is -0.481 e. The highest BCUT2D eigenvalue weighted by atomic mass is 16.5. The Bertz CT molecular complexity index is 486. The lowest BCUT2D eigenvalue weighted by atomic mass is 10.1. The monoisotopic (exact) mass is 292 g/mol. The molecule has 1 amide bonds. The van der Waals surface area contributed by atoms with Crippen LogP contribution in [0.1, 0.15) is 25.3 Å². The van der Waals surface area contributed by atoms with Crippen molar-refractivity contribution in [2.75, 3.05) is 13.2 Å². The van der Waals surface area contributed by atoms with Crippen molar-refractivity contribution in [2.45, 2.75) is 32.4 Å². The molecule has 1 aromatic rings. The van der Waals surface area contributed by atoms with Gasteiger partial charge in [0, 0.05) is 32.1 Å². The Morgan fingerprint density at radius 3 is 2.76 bits per heavy atom. The molecule has 1 saturated heterocycles.